The molecular formula is C7H10N2O2S. The van der Waals surface area contributed by atoms with Crippen LogP contribution in [0.5, 0.6) is 5.19 Å². The second-order valence-electron chi connectivity index (χ2n) is 2.27. The van der Waals surface area contributed by atoms with Crippen LogP contribution in [-0.2, 0) is 4.79 Å². The average Bonchev–Trinajstić information content (AvgIpc) is 2.31. The third-order valence-electron chi connectivity index (χ3n) is 1.25. The number of nitrogens with one attached hydrogen (secondary N) is 1. The molecule has 0 aliphatic heterocycles. The Balaban J connectivity index is 2.84. The summed E-state index contributed by atoms with van der Waals surface area (Å²) in [7, 11) is 1.55. The lowest BCUT2D eigenvalue weighted by Crippen LogP contribution is -2.06. The number of hydrogen-bond donors (Lipinski definition) is 1. The van der Waals surface area contributed by atoms with E-state index >= 15 is 0 Å². The summed E-state index contributed by atoms with van der Waals surface area (Å²) in [5, 5.41) is 3.17. The number of nitrogens with zero attached hydrogens (tertiary/aromatic N) is 1. The van der Waals surface area contributed by atoms with E-state index in [4.69, 9.17) is 4.74 Å². The Bertz CT molecular complexity index is 296. The molecule has 0 atom stereocenters. The highest BCUT2D eigenvalue weighted by molar-refractivity contribution is 7.13. The molecule has 0 aliphatic rings. The number of carbonyl (C=O) groups is 1. The van der Waals surface area contributed by atoms with Crippen LogP contribution in [0.1, 0.15) is 11.8 Å². The number of thiazole rings is 1. The second kappa shape index (κ2) is 3.53. The third-order valence-corrected chi connectivity index (χ3v) is 2.18. The molecule has 0 unspecified atom stereocenters. The fourth-order valence-electron chi connectivity index (χ4n) is 0.742. The predicted octanol–water partition coefficient (Wildman–Crippen LogP) is 1.42. The summed E-state index contributed by atoms with van der Waals surface area (Å²) >= 11 is 1.41. The molecule has 0 fully saturated rings. The molecule has 12 heavy (non-hydrogen) atoms. The Morgan fingerprint density at radius 3 is 2.75 bits per heavy atom. The summed E-state index contributed by atoms with van der Waals surface area (Å²) in [4.78, 5) is 15.7. The molecule has 1 rings (SSSR count). The summed E-state index contributed by atoms with van der Waals surface area (Å²) in [5.41, 5.74) is 0. The summed E-state index contributed by atoms with van der Waals surface area (Å²) in [6.07, 6.45) is 0. The number of anilines is 1. The standard InChI is InChI=1S/C7H10N2O2S/c1-4-6(8-5(2)10)9-7(11-3)12-4/h1-3H3,(H,8,10). The SMILES string of the molecule is COc1nc(NC(C)=O)c(C)s1. The Kier molecular flexibility index (Phi) is 2.65. The van der Waals surface area contributed by atoms with Crippen molar-refractivity contribution in [2.24, 2.45) is 0 Å². The summed E-state index contributed by atoms with van der Waals surface area (Å²) in [5.74, 6) is 0.468. The van der Waals surface area contributed by atoms with E-state index in [9.17, 15) is 4.79 Å². The van der Waals surface area contributed by atoms with Crippen LogP contribution in [0, 0.1) is 6.92 Å². The number of hydrogen-bond acceptors (Lipinski definition) is 4. The lowest BCUT2D eigenvalue weighted by atomic mass is 10.5. The molecule has 1 aromatic rings. The van der Waals surface area contributed by atoms with Gasteiger partial charge in [0.15, 0.2) is 5.82 Å². The quantitative estimate of drug-likeness (QED) is 0.760. The van der Waals surface area contributed by atoms with Gasteiger partial charge in [-0.3, -0.25) is 4.79 Å². The van der Waals surface area contributed by atoms with Crippen molar-refractivity contribution < 1.29 is 9.53 Å². The van der Waals surface area contributed by atoms with E-state index in [0.29, 0.717) is 11.0 Å². The predicted molar refractivity (Wildman–Crippen MR) is 47.7 cm³/mol. The first-order valence-electron chi connectivity index (χ1n) is 3.42. The molecule has 4 nitrogen and oxygen atoms in total. The molecule has 0 aromatic carbocycles. The molecule has 0 saturated heterocycles. The van der Waals surface area contributed by atoms with Gasteiger partial charge in [-0.05, 0) is 6.92 Å². The van der Waals surface area contributed by atoms with Gasteiger partial charge in [-0.1, -0.05) is 11.3 Å². The zero-order valence-electron chi connectivity index (χ0n) is 7.17. The molecule has 0 radical (unpaired) electrons. The third kappa shape index (κ3) is 1.94. The van der Waals surface area contributed by atoms with Crippen LogP contribution in [-0.4, -0.2) is 18.0 Å². The van der Waals surface area contributed by atoms with Gasteiger partial charge in [-0.2, -0.15) is 4.98 Å². The number of ether oxygens (including phenoxy) is 1. The van der Waals surface area contributed by atoms with Crippen molar-refractivity contribution in [3.63, 3.8) is 0 Å². The van der Waals surface area contributed by atoms with Crippen LogP contribution in [0.4, 0.5) is 5.82 Å². The lowest BCUT2D eigenvalue weighted by Gasteiger charge is -1.95. The number of aryl methyl sites for hydroxylation is 1. The average molecular weight is 186 g/mol. The number of methoxy groups -OCH3 is 1. The Morgan fingerprint density at radius 2 is 2.33 bits per heavy atom. The molecule has 5 heteroatoms. The molecule has 0 saturated carbocycles. The van der Waals surface area contributed by atoms with E-state index in [1.807, 2.05) is 6.92 Å². The van der Waals surface area contributed by atoms with E-state index in [1.165, 1.54) is 18.3 Å². The number of aromatic nitrogens is 1. The van der Waals surface area contributed by atoms with Crippen molar-refractivity contribution >= 4 is 23.1 Å². The maximum absolute atomic E-state index is 10.7. The van der Waals surface area contributed by atoms with E-state index in [2.05, 4.69) is 10.3 Å². The molecule has 1 heterocycles. The topological polar surface area (TPSA) is 51.2 Å². The minimum absolute atomic E-state index is 0.119. The molecule has 1 aromatic heterocycles. The smallest absolute Gasteiger partial charge is 0.275 e. The zero-order chi connectivity index (χ0) is 9.14. The molecular weight excluding hydrogens is 176 g/mol. The van der Waals surface area contributed by atoms with E-state index in [-0.39, 0.29) is 5.91 Å². The van der Waals surface area contributed by atoms with Gasteiger partial charge in [-0.25, -0.2) is 0 Å². The minimum atomic E-state index is -0.119. The number of rotatable bonds is 2. The highest BCUT2D eigenvalue weighted by Gasteiger charge is 2.07. The van der Waals surface area contributed by atoms with Crippen LogP contribution in [0.3, 0.4) is 0 Å². The van der Waals surface area contributed by atoms with E-state index in [1.54, 1.807) is 7.11 Å². The van der Waals surface area contributed by atoms with Crippen LogP contribution in [0.25, 0.3) is 0 Å². The highest BCUT2D eigenvalue weighted by Crippen LogP contribution is 2.27. The molecule has 66 valence electrons. The highest BCUT2D eigenvalue weighted by atomic mass is 32.1. The van der Waals surface area contributed by atoms with E-state index in [0.717, 1.165) is 4.88 Å². The van der Waals surface area contributed by atoms with Crippen molar-refractivity contribution in [3.05, 3.63) is 4.88 Å². The molecule has 1 N–H and O–H groups in total. The van der Waals surface area contributed by atoms with Crippen molar-refractivity contribution in [2.75, 3.05) is 12.4 Å². The van der Waals surface area contributed by atoms with Gasteiger partial charge in [0, 0.05) is 11.8 Å². The maximum atomic E-state index is 10.7. The summed E-state index contributed by atoms with van der Waals surface area (Å²) < 4.78 is 4.91. The van der Waals surface area contributed by atoms with Gasteiger partial charge in [0.1, 0.15) is 0 Å². The van der Waals surface area contributed by atoms with Crippen molar-refractivity contribution in [1.29, 1.82) is 0 Å². The van der Waals surface area contributed by atoms with Gasteiger partial charge in [0.2, 0.25) is 5.91 Å². The van der Waals surface area contributed by atoms with Crippen LogP contribution in [0.15, 0.2) is 0 Å². The fourth-order valence-corrected chi connectivity index (χ4v) is 1.42. The van der Waals surface area contributed by atoms with Crippen molar-refractivity contribution in [3.8, 4) is 5.19 Å². The first-order valence-corrected chi connectivity index (χ1v) is 4.24. The van der Waals surface area contributed by atoms with Gasteiger partial charge >= 0.3 is 0 Å². The van der Waals surface area contributed by atoms with Crippen LogP contribution in [0.2, 0.25) is 0 Å². The first-order chi connectivity index (χ1) is 5.63. The molecule has 1 amide bonds. The number of amides is 1. The molecule has 0 aliphatic carbocycles. The summed E-state index contributed by atoms with van der Waals surface area (Å²) in [6.45, 7) is 3.33. The maximum Gasteiger partial charge on any atom is 0.275 e. The lowest BCUT2D eigenvalue weighted by molar-refractivity contribution is -0.114. The Hall–Kier alpha value is -1.10. The molecule has 0 spiro atoms. The second-order valence-corrected chi connectivity index (χ2v) is 3.44. The first kappa shape index (κ1) is 8.99. The summed E-state index contributed by atoms with van der Waals surface area (Å²) in [6, 6.07) is 0. The van der Waals surface area contributed by atoms with Gasteiger partial charge in [-0.15, -0.1) is 0 Å². The molecule has 0 bridgehead atoms. The number of carbonyl (C=O) groups excluding carboxylic acids is 1. The van der Waals surface area contributed by atoms with Gasteiger partial charge in [0.05, 0.1) is 7.11 Å². The van der Waals surface area contributed by atoms with Crippen molar-refractivity contribution in [2.45, 2.75) is 13.8 Å². The van der Waals surface area contributed by atoms with Crippen LogP contribution < -0.4 is 10.1 Å². The minimum Gasteiger partial charge on any atom is -0.473 e. The van der Waals surface area contributed by atoms with Gasteiger partial charge < -0.3 is 10.1 Å². The van der Waals surface area contributed by atoms with E-state index < -0.39 is 0 Å². The largest absolute Gasteiger partial charge is 0.473 e. The van der Waals surface area contributed by atoms with Gasteiger partial charge in [0.25, 0.3) is 5.19 Å². The fraction of sp³-hybridized carbons (Fsp3) is 0.429. The van der Waals surface area contributed by atoms with Crippen molar-refractivity contribution in [1.82, 2.24) is 4.98 Å². The van der Waals surface area contributed by atoms with Crippen LogP contribution >= 0.6 is 11.3 Å². The monoisotopic (exact) mass is 186 g/mol. The normalized spacial score (nSPS) is 9.58. The Labute approximate surface area is 74.6 Å². The Morgan fingerprint density at radius 1 is 1.67 bits per heavy atom. The zero-order valence-corrected chi connectivity index (χ0v) is 7.99.